The van der Waals surface area contributed by atoms with E-state index in [0.717, 1.165) is 42.8 Å². The molecule has 2 aromatic carbocycles. The summed E-state index contributed by atoms with van der Waals surface area (Å²) >= 11 is 1.48. The van der Waals surface area contributed by atoms with Crippen LogP contribution in [0.25, 0.3) is 22.2 Å². The number of carbonyl (C=O) groups is 2. The fourth-order valence-corrected chi connectivity index (χ4v) is 9.85. The van der Waals surface area contributed by atoms with Gasteiger partial charge >= 0.3 is 0 Å². The van der Waals surface area contributed by atoms with Crippen molar-refractivity contribution in [3.63, 3.8) is 0 Å². The van der Waals surface area contributed by atoms with E-state index in [1.807, 2.05) is 6.07 Å². The van der Waals surface area contributed by atoms with Gasteiger partial charge in [0.2, 0.25) is 5.91 Å². The van der Waals surface area contributed by atoms with Gasteiger partial charge in [-0.15, -0.1) is 0 Å². The quantitative estimate of drug-likeness (QED) is 0.245. The van der Waals surface area contributed by atoms with Crippen LogP contribution in [0.4, 0.5) is 0 Å². The largest absolute Gasteiger partial charge is 0.497 e. The van der Waals surface area contributed by atoms with Crippen LogP contribution in [0.1, 0.15) is 112 Å². The number of ether oxygens (including phenoxy) is 1. The van der Waals surface area contributed by atoms with Crippen molar-refractivity contribution in [1.82, 2.24) is 19.1 Å². The van der Waals surface area contributed by atoms with Crippen LogP contribution < -0.4 is 9.46 Å². The third-order valence-corrected chi connectivity index (χ3v) is 12.8. The van der Waals surface area contributed by atoms with Crippen molar-refractivity contribution in [3.8, 4) is 17.0 Å². The number of nitrogens with zero attached hydrogens (tertiary/aromatic N) is 3. The Bertz CT molecular complexity index is 1720. The lowest BCUT2D eigenvalue weighted by Gasteiger charge is -2.34. The summed E-state index contributed by atoms with van der Waals surface area (Å²) in [4.78, 5) is 33.1. The first kappa shape index (κ1) is 33.5. The van der Waals surface area contributed by atoms with Crippen molar-refractivity contribution in [2.24, 2.45) is 10.8 Å². The van der Waals surface area contributed by atoms with Crippen molar-refractivity contribution < 1.29 is 14.3 Å². The number of likely N-dealkylation sites (N-methyl/N-ethyl adjacent to an activating group) is 1. The molecule has 8 heteroatoms. The second kappa shape index (κ2) is 12.7. The van der Waals surface area contributed by atoms with E-state index in [0.29, 0.717) is 23.9 Å². The minimum absolute atomic E-state index is 0.0628. The summed E-state index contributed by atoms with van der Waals surface area (Å²) in [6.07, 6.45) is 9.05. The van der Waals surface area contributed by atoms with Gasteiger partial charge in [0, 0.05) is 58.9 Å². The average Bonchev–Trinajstić information content (AvgIpc) is 3.59. The Morgan fingerprint density at radius 1 is 1.04 bits per heavy atom. The molecule has 3 aromatic rings. The molecule has 0 spiro atoms. The molecule has 258 valence electrons. The maximum Gasteiger partial charge on any atom is 0.261 e. The van der Waals surface area contributed by atoms with E-state index in [1.54, 1.807) is 7.11 Å². The molecular formula is C40H54N4O3S. The van der Waals surface area contributed by atoms with Crippen LogP contribution in [-0.4, -0.2) is 71.8 Å². The second-order valence-corrected chi connectivity index (χ2v) is 17.4. The van der Waals surface area contributed by atoms with Crippen LogP contribution in [0.15, 0.2) is 36.4 Å². The maximum atomic E-state index is 15.1. The van der Waals surface area contributed by atoms with Crippen molar-refractivity contribution >= 4 is 34.7 Å². The highest BCUT2D eigenvalue weighted by atomic mass is 32.2. The Labute approximate surface area is 291 Å². The molecule has 4 aliphatic rings. The van der Waals surface area contributed by atoms with Crippen molar-refractivity contribution in [2.75, 3.05) is 33.5 Å². The number of likely N-dealkylation sites (tertiary alicyclic amines) is 1. The summed E-state index contributed by atoms with van der Waals surface area (Å²) in [6, 6.07) is 13.3. The van der Waals surface area contributed by atoms with Crippen molar-refractivity contribution in [2.45, 2.75) is 110 Å². The third-order valence-electron chi connectivity index (χ3n) is 11.5. The van der Waals surface area contributed by atoms with E-state index < -0.39 is 5.41 Å². The lowest BCUT2D eigenvalue weighted by molar-refractivity contribution is -0.140. The Morgan fingerprint density at radius 3 is 2.52 bits per heavy atom. The zero-order valence-corrected chi connectivity index (χ0v) is 30.8. The van der Waals surface area contributed by atoms with Gasteiger partial charge in [0.15, 0.2) is 0 Å². The molecule has 1 aromatic heterocycles. The van der Waals surface area contributed by atoms with Gasteiger partial charge in [-0.2, -0.15) is 0 Å². The van der Waals surface area contributed by atoms with E-state index in [4.69, 9.17) is 4.74 Å². The summed E-state index contributed by atoms with van der Waals surface area (Å²) < 4.78 is 11.4. The zero-order chi connectivity index (χ0) is 34.0. The fraction of sp³-hybridized carbons (Fsp3) is 0.600. The number of hydrogen-bond donors (Lipinski definition) is 1. The maximum absolute atomic E-state index is 15.1. The van der Waals surface area contributed by atoms with Crippen molar-refractivity contribution in [3.05, 3.63) is 53.1 Å². The van der Waals surface area contributed by atoms with Gasteiger partial charge in [-0.05, 0) is 118 Å². The van der Waals surface area contributed by atoms with Crippen LogP contribution in [0.3, 0.4) is 0 Å². The number of nitrogens with one attached hydrogen (secondary N) is 1. The van der Waals surface area contributed by atoms with Gasteiger partial charge in [-0.25, -0.2) is 0 Å². The van der Waals surface area contributed by atoms with Gasteiger partial charge in [-0.3, -0.25) is 14.3 Å². The minimum Gasteiger partial charge on any atom is -0.497 e. The van der Waals surface area contributed by atoms with Crippen LogP contribution in [0.5, 0.6) is 5.75 Å². The number of rotatable bonds is 8. The summed E-state index contributed by atoms with van der Waals surface area (Å²) in [5.41, 5.74) is 6.50. The lowest BCUT2D eigenvalue weighted by Crippen LogP contribution is -2.48. The second-order valence-electron chi connectivity index (χ2n) is 16.6. The lowest BCUT2D eigenvalue weighted by atomic mass is 9.81. The monoisotopic (exact) mass is 670 g/mol. The van der Waals surface area contributed by atoms with Gasteiger partial charge in [-0.1, -0.05) is 46.1 Å². The predicted molar refractivity (Wildman–Crippen MR) is 197 cm³/mol. The van der Waals surface area contributed by atoms with E-state index in [-0.39, 0.29) is 29.3 Å². The number of hydrogen-bond acceptors (Lipinski definition) is 5. The molecular weight excluding hydrogens is 617 g/mol. The highest BCUT2D eigenvalue weighted by Crippen LogP contribution is 2.66. The summed E-state index contributed by atoms with van der Waals surface area (Å²) in [5, 5.41) is 1.24. The molecule has 4 unspecified atom stereocenters. The number of carbonyl (C=O) groups excluding carboxylic acids is 2. The molecule has 1 N–H and O–H groups in total. The number of methoxy groups -OCH3 is 1. The third kappa shape index (κ3) is 5.95. The average molecular weight is 671 g/mol. The van der Waals surface area contributed by atoms with Crippen LogP contribution in [0, 0.1) is 10.8 Å². The summed E-state index contributed by atoms with van der Waals surface area (Å²) in [7, 11) is 5.95. The first-order valence-corrected chi connectivity index (χ1v) is 19.1. The van der Waals surface area contributed by atoms with E-state index in [9.17, 15) is 4.79 Å². The number of fused-ring (bicyclic) bond motifs is 7. The molecule has 3 fully saturated rings. The number of amides is 2. The Kier molecular flexibility index (Phi) is 8.89. The molecule has 4 atom stereocenters. The molecule has 7 nitrogen and oxygen atoms in total. The molecule has 7 rings (SSSR count). The molecule has 2 saturated carbocycles. The zero-order valence-electron chi connectivity index (χ0n) is 30.0. The standard InChI is InChI=1S/C40H54N4O3S/c1-25-13-15-28(22-42(5)6)44(25)38(46)40-21-33(40)32-20-29(47-7)16-18-30(32)36-35(26-11-9-8-10-12-26)31-17-14-27(19-34(31)43(36)23-40)37(45)41-48-24-39(2,3)4/h14,16-20,25-26,28,33H,8-13,15,21-24H2,1-7H3,(H,41,45). The fourth-order valence-electron chi connectivity index (χ4n) is 9.09. The van der Waals surface area contributed by atoms with Gasteiger partial charge in [0.25, 0.3) is 5.91 Å². The van der Waals surface area contributed by atoms with E-state index >= 15 is 4.79 Å². The van der Waals surface area contributed by atoms with Crippen LogP contribution in [0.2, 0.25) is 0 Å². The normalized spacial score (nSPS) is 25.4. The molecule has 0 bridgehead atoms. The van der Waals surface area contributed by atoms with Crippen LogP contribution >= 0.6 is 11.9 Å². The predicted octanol–water partition coefficient (Wildman–Crippen LogP) is 8.22. The molecule has 2 amide bonds. The van der Waals surface area contributed by atoms with Gasteiger partial charge < -0.3 is 19.1 Å². The topological polar surface area (TPSA) is 66.8 Å². The molecule has 1 saturated heterocycles. The smallest absolute Gasteiger partial charge is 0.261 e. The molecule has 2 aliphatic carbocycles. The summed E-state index contributed by atoms with van der Waals surface area (Å²) in [5.74, 6) is 2.52. The van der Waals surface area contributed by atoms with Gasteiger partial charge in [0.1, 0.15) is 5.75 Å². The van der Waals surface area contributed by atoms with Gasteiger partial charge in [0.05, 0.1) is 18.2 Å². The number of aromatic nitrogens is 1. The number of benzene rings is 2. The Morgan fingerprint density at radius 2 is 1.81 bits per heavy atom. The SMILES string of the molecule is COc1ccc2c(c1)C1CC1(C(=O)N1C(C)CCC1CN(C)C)Cn1c-2c(C2CCCCC2)c2ccc(C(=O)NSCC(C)(C)C)cc21. The first-order valence-electron chi connectivity index (χ1n) is 18.2. The molecule has 2 aliphatic heterocycles. The van der Waals surface area contributed by atoms with Crippen molar-refractivity contribution in [1.29, 1.82) is 0 Å². The molecule has 0 radical (unpaired) electrons. The first-order chi connectivity index (χ1) is 22.9. The highest BCUT2D eigenvalue weighted by Gasteiger charge is 2.65. The highest BCUT2D eigenvalue weighted by molar-refractivity contribution is 7.97. The summed E-state index contributed by atoms with van der Waals surface area (Å²) in [6.45, 7) is 10.3. The minimum atomic E-state index is -0.522. The molecule has 48 heavy (non-hydrogen) atoms. The Hall–Kier alpha value is -2.97. The van der Waals surface area contributed by atoms with E-state index in [1.165, 1.54) is 71.8 Å². The van der Waals surface area contributed by atoms with E-state index in [2.05, 4.69) is 91.2 Å². The molecule has 3 heterocycles. The Balaban J connectivity index is 1.39. The van der Waals surface area contributed by atoms with Crippen LogP contribution in [-0.2, 0) is 11.3 Å².